The van der Waals surface area contributed by atoms with Crippen molar-refractivity contribution >= 4 is 23.6 Å². The molecule has 1 aromatic rings. The van der Waals surface area contributed by atoms with Gasteiger partial charge >= 0.3 is 12.0 Å². The lowest BCUT2D eigenvalue weighted by Gasteiger charge is -2.41. The Bertz CT molecular complexity index is 598. The van der Waals surface area contributed by atoms with Gasteiger partial charge in [0.25, 0.3) is 0 Å². The van der Waals surface area contributed by atoms with E-state index in [1.165, 1.54) is 17.0 Å². The van der Waals surface area contributed by atoms with Crippen molar-refractivity contribution in [3.05, 3.63) is 29.8 Å². The zero-order valence-corrected chi connectivity index (χ0v) is 11.8. The van der Waals surface area contributed by atoms with E-state index in [1.54, 1.807) is 26.0 Å². The molecule has 0 bridgehead atoms. The molecule has 0 unspecified atom stereocenters. The average Bonchev–Trinajstić information content (AvgIpc) is 2.42. The molecule has 0 atom stereocenters. The first-order valence-corrected chi connectivity index (χ1v) is 6.53. The molecule has 7 nitrogen and oxygen atoms in total. The topological polar surface area (TPSA) is 98.7 Å². The molecule has 3 amide bonds. The summed E-state index contributed by atoms with van der Waals surface area (Å²) in [6.45, 7) is 4.02. The molecule has 21 heavy (non-hydrogen) atoms. The molecule has 1 aliphatic rings. The lowest BCUT2D eigenvalue weighted by molar-refractivity contribution is -0.132. The summed E-state index contributed by atoms with van der Waals surface area (Å²) in [6, 6.07) is 5.64. The zero-order chi connectivity index (χ0) is 15.6. The predicted octanol–water partition coefficient (Wildman–Crippen LogP) is 1.13. The van der Waals surface area contributed by atoms with Crippen LogP contribution in [0.4, 0.5) is 10.5 Å². The van der Waals surface area contributed by atoms with Gasteiger partial charge in [-0.3, -0.25) is 4.79 Å². The lowest BCUT2D eigenvalue weighted by Crippen LogP contribution is -2.64. The Morgan fingerprint density at radius 3 is 2.67 bits per heavy atom. The molecule has 7 heteroatoms. The van der Waals surface area contributed by atoms with Gasteiger partial charge in [0.15, 0.2) is 0 Å². The van der Waals surface area contributed by atoms with Gasteiger partial charge in [-0.2, -0.15) is 0 Å². The fraction of sp³-hybridized carbons (Fsp3) is 0.357. The van der Waals surface area contributed by atoms with E-state index < -0.39 is 17.5 Å². The van der Waals surface area contributed by atoms with Gasteiger partial charge in [0.1, 0.15) is 5.54 Å². The van der Waals surface area contributed by atoms with Crippen molar-refractivity contribution in [3.8, 4) is 0 Å². The molecule has 1 aromatic carbocycles. The van der Waals surface area contributed by atoms with Crippen molar-refractivity contribution in [2.45, 2.75) is 19.4 Å². The second kappa shape index (κ2) is 5.43. The third-order valence-corrected chi connectivity index (χ3v) is 3.50. The summed E-state index contributed by atoms with van der Waals surface area (Å²) in [4.78, 5) is 36.7. The largest absolute Gasteiger partial charge is 0.478 e. The van der Waals surface area contributed by atoms with Crippen LogP contribution in [-0.2, 0) is 4.79 Å². The molecular formula is C14H17N3O4. The second-order valence-electron chi connectivity index (χ2n) is 5.25. The number of hydrogen-bond donors (Lipinski definition) is 3. The van der Waals surface area contributed by atoms with Gasteiger partial charge in [-0.05, 0) is 26.0 Å². The first-order chi connectivity index (χ1) is 9.84. The van der Waals surface area contributed by atoms with Crippen LogP contribution < -0.4 is 10.6 Å². The monoisotopic (exact) mass is 291 g/mol. The second-order valence-corrected chi connectivity index (χ2v) is 5.25. The first-order valence-electron chi connectivity index (χ1n) is 6.53. The third kappa shape index (κ3) is 2.81. The molecule has 1 fully saturated rings. The molecule has 1 aliphatic heterocycles. The minimum absolute atomic E-state index is 0.00474. The summed E-state index contributed by atoms with van der Waals surface area (Å²) in [7, 11) is 0. The number of carboxylic acids is 1. The van der Waals surface area contributed by atoms with E-state index in [0.717, 1.165) is 0 Å². The van der Waals surface area contributed by atoms with Crippen LogP contribution in [0, 0.1) is 0 Å². The maximum absolute atomic E-state index is 12.3. The van der Waals surface area contributed by atoms with Crippen molar-refractivity contribution in [1.82, 2.24) is 10.2 Å². The van der Waals surface area contributed by atoms with Gasteiger partial charge in [-0.25, -0.2) is 9.59 Å². The van der Waals surface area contributed by atoms with Crippen LogP contribution in [0.3, 0.4) is 0 Å². The molecule has 2 rings (SSSR count). The molecular weight excluding hydrogens is 274 g/mol. The van der Waals surface area contributed by atoms with Gasteiger partial charge in [-0.1, -0.05) is 12.1 Å². The summed E-state index contributed by atoms with van der Waals surface area (Å²) in [6.07, 6.45) is 0. The molecule has 0 saturated carbocycles. The summed E-state index contributed by atoms with van der Waals surface area (Å²) in [5.41, 5.74) is -0.776. The number of urea groups is 1. The van der Waals surface area contributed by atoms with E-state index in [1.807, 2.05) is 0 Å². The van der Waals surface area contributed by atoms with Crippen molar-refractivity contribution in [3.63, 3.8) is 0 Å². The van der Waals surface area contributed by atoms with Gasteiger partial charge in [0, 0.05) is 13.1 Å². The van der Waals surface area contributed by atoms with Gasteiger partial charge < -0.3 is 20.6 Å². The Kier molecular flexibility index (Phi) is 3.84. The van der Waals surface area contributed by atoms with Gasteiger partial charge in [-0.15, -0.1) is 0 Å². The fourth-order valence-electron chi connectivity index (χ4n) is 2.22. The van der Waals surface area contributed by atoms with Crippen molar-refractivity contribution in [2.24, 2.45) is 0 Å². The van der Waals surface area contributed by atoms with E-state index in [9.17, 15) is 14.4 Å². The first kappa shape index (κ1) is 14.8. The number of nitrogens with one attached hydrogen (secondary N) is 2. The van der Waals surface area contributed by atoms with Crippen LogP contribution in [0.1, 0.15) is 24.2 Å². The SMILES string of the molecule is CC1(C)C(=O)NCCN1C(=O)Nc1ccccc1C(=O)O. The highest BCUT2D eigenvalue weighted by atomic mass is 16.4. The van der Waals surface area contributed by atoms with Crippen LogP contribution in [-0.4, -0.2) is 46.5 Å². The Morgan fingerprint density at radius 2 is 2.00 bits per heavy atom. The van der Waals surface area contributed by atoms with E-state index in [0.29, 0.717) is 13.1 Å². The number of piperazine rings is 1. The quantitative estimate of drug-likeness (QED) is 0.760. The Hall–Kier alpha value is -2.57. The molecule has 0 spiro atoms. The predicted molar refractivity (Wildman–Crippen MR) is 76.2 cm³/mol. The highest BCUT2D eigenvalue weighted by Crippen LogP contribution is 2.21. The maximum atomic E-state index is 12.3. The number of carbonyl (C=O) groups excluding carboxylic acids is 2. The number of benzene rings is 1. The third-order valence-electron chi connectivity index (χ3n) is 3.50. The number of aromatic carboxylic acids is 1. The van der Waals surface area contributed by atoms with E-state index in [2.05, 4.69) is 10.6 Å². The van der Waals surface area contributed by atoms with Crippen LogP contribution >= 0.6 is 0 Å². The standard InChI is InChI=1S/C14H17N3O4/c1-14(2)12(20)15-7-8-17(14)13(21)16-10-6-4-3-5-9(10)11(18)19/h3-6H,7-8H2,1-2H3,(H,15,20)(H,16,21)(H,18,19). The molecule has 0 radical (unpaired) electrons. The highest BCUT2D eigenvalue weighted by molar-refractivity contribution is 6.01. The molecule has 0 aromatic heterocycles. The summed E-state index contributed by atoms with van der Waals surface area (Å²) >= 11 is 0. The minimum Gasteiger partial charge on any atom is -0.478 e. The smallest absolute Gasteiger partial charge is 0.337 e. The normalized spacial score (nSPS) is 17.0. The van der Waals surface area contributed by atoms with Gasteiger partial charge in [0.05, 0.1) is 11.3 Å². The zero-order valence-electron chi connectivity index (χ0n) is 11.8. The molecule has 0 aliphatic carbocycles. The number of hydrogen-bond acceptors (Lipinski definition) is 3. The van der Waals surface area contributed by atoms with E-state index in [4.69, 9.17) is 5.11 Å². The summed E-state index contributed by atoms with van der Waals surface area (Å²) in [5, 5.41) is 14.4. The number of anilines is 1. The van der Waals surface area contributed by atoms with E-state index in [-0.39, 0.29) is 17.2 Å². The summed E-state index contributed by atoms with van der Waals surface area (Å²) < 4.78 is 0. The highest BCUT2D eigenvalue weighted by Gasteiger charge is 2.40. The van der Waals surface area contributed by atoms with Crippen molar-refractivity contribution in [1.29, 1.82) is 0 Å². The van der Waals surface area contributed by atoms with E-state index >= 15 is 0 Å². The number of carboxylic acid groups (broad SMARTS) is 1. The number of para-hydroxylation sites is 1. The van der Waals surface area contributed by atoms with Crippen LogP contribution in [0.5, 0.6) is 0 Å². The Labute approximate surface area is 121 Å². The fourth-order valence-corrected chi connectivity index (χ4v) is 2.22. The number of amides is 3. The minimum atomic E-state index is -1.12. The van der Waals surface area contributed by atoms with Crippen molar-refractivity contribution < 1.29 is 19.5 Å². The summed E-state index contributed by atoms with van der Waals surface area (Å²) in [5.74, 6) is -1.36. The number of nitrogens with zero attached hydrogens (tertiary/aromatic N) is 1. The van der Waals surface area contributed by atoms with Crippen LogP contribution in [0.25, 0.3) is 0 Å². The molecule has 1 heterocycles. The van der Waals surface area contributed by atoms with Crippen LogP contribution in [0.15, 0.2) is 24.3 Å². The molecule has 112 valence electrons. The average molecular weight is 291 g/mol. The Balaban J connectivity index is 2.22. The molecule has 3 N–H and O–H groups in total. The van der Waals surface area contributed by atoms with Gasteiger partial charge in [0.2, 0.25) is 5.91 Å². The van der Waals surface area contributed by atoms with Crippen LogP contribution in [0.2, 0.25) is 0 Å². The van der Waals surface area contributed by atoms with Crippen molar-refractivity contribution in [2.75, 3.05) is 18.4 Å². The lowest BCUT2D eigenvalue weighted by atomic mass is 9.99. The number of carbonyl (C=O) groups is 3. The Morgan fingerprint density at radius 1 is 1.33 bits per heavy atom. The maximum Gasteiger partial charge on any atom is 0.337 e. The number of rotatable bonds is 2. The molecule has 1 saturated heterocycles.